The van der Waals surface area contributed by atoms with Crippen LogP contribution in [0.15, 0.2) is 36.9 Å². The molecule has 4 heteroatoms. The molecule has 90 valence electrons. The lowest BCUT2D eigenvalue weighted by atomic mass is 10.1. The fourth-order valence-corrected chi connectivity index (χ4v) is 1.60. The van der Waals surface area contributed by atoms with E-state index in [0.717, 1.165) is 17.7 Å². The highest BCUT2D eigenvalue weighted by Crippen LogP contribution is 2.19. The molecule has 0 saturated carbocycles. The van der Waals surface area contributed by atoms with Crippen LogP contribution in [0.5, 0.6) is 5.75 Å². The predicted molar refractivity (Wildman–Crippen MR) is 62.1 cm³/mol. The molecule has 1 aromatic rings. The van der Waals surface area contributed by atoms with Gasteiger partial charge in [-0.15, -0.1) is 6.58 Å². The van der Waals surface area contributed by atoms with Gasteiger partial charge in [-0.3, -0.25) is 0 Å². The van der Waals surface area contributed by atoms with Crippen LogP contribution in [-0.2, 0) is 15.9 Å². The van der Waals surface area contributed by atoms with Gasteiger partial charge in [0.1, 0.15) is 19.0 Å². The van der Waals surface area contributed by atoms with Crippen molar-refractivity contribution < 1.29 is 19.0 Å². The van der Waals surface area contributed by atoms with Gasteiger partial charge in [0.15, 0.2) is 6.10 Å². The molecule has 1 aliphatic heterocycles. The highest BCUT2D eigenvalue weighted by Gasteiger charge is 2.25. The van der Waals surface area contributed by atoms with Crippen LogP contribution in [-0.4, -0.2) is 25.5 Å². The van der Waals surface area contributed by atoms with E-state index >= 15 is 0 Å². The summed E-state index contributed by atoms with van der Waals surface area (Å²) in [7, 11) is 0. The monoisotopic (exact) mass is 234 g/mol. The summed E-state index contributed by atoms with van der Waals surface area (Å²) in [5.74, 6) is 0.787. The van der Waals surface area contributed by atoms with Crippen LogP contribution in [0.2, 0.25) is 0 Å². The largest absolute Gasteiger partial charge is 0.508 e. The van der Waals surface area contributed by atoms with Gasteiger partial charge in [-0.05, 0) is 18.1 Å². The van der Waals surface area contributed by atoms with E-state index in [4.69, 9.17) is 9.47 Å². The lowest BCUT2D eigenvalue weighted by molar-refractivity contribution is 0.0981. The number of para-hydroxylation sites is 1. The number of rotatable bonds is 5. The van der Waals surface area contributed by atoms with Crippen LogP contribution < -0.4 is 4.74 Å². The van der Waals surface area contributed by atoms with E-state index < -0.39 is 6.16 Å². The van der Waals surface area contributed by atoms with Gasteiger partial charge < -0.3 is 14.2 Å². The van der Waals surface area contributed by atoms with Crippen molar-refractivity contribution in [2.45, 2.75) is 12.5 Å². The molecule has 1 fully saturated rings. The van der Waals surface area contributed by atoms with E-state index in [1.807, 2.05) is 30.3 Å². The number of carbonyl (C=O) groups is 1. The Kier molecular flexibility index (Phi) is 3.65. The third-order valence-electron chi connectivity index (χ3n) is 2.41. The second-order valence-electron chi connectivity index (χ2n) is 3.71. The fraction of sp³-hybridized carbons (Fsp3) is 0.308. The highest BCUT2D eigenvalue weighted by atomic mass is 16.8. The first-order valence-electron chi connectivity index (χ1n) is 5.44. The molecular weight excluding hydrogens is 220 g/mol. The highest BCUT2D eigenvalue weighted by molar-refractivity contribution is 5.61. The Balaban J connectivity index is 1.94. The van der Waals surface area contributed by atoms with Crippen molar-refractivity contribution in [3.8, 4) is 5.75 Å². The number of hydrogen-bond donors (Lipinski definition) is 0. The first kappa shape index (κ1) is 11.5. The van der Waals surface area contributed by atoms with Gasteiger partial charge in [0, 0.05) is 0 Å². The maximum atomic E-state index is 10.7. The SMILES string of the molecule is C=CCc1ccccc1OCC1COC(=O)O1. The Morgan fingerprint density at radius 3 is 3.00 bits per heavy atom. The third-order valence-corrected chi connectivity index (χ3v) is 2.41. The zero-order valence-corrected chi connectivity index (χ0v) is 9.43. The molecule has 0 amide bonds. The number of carbonyl (C=O) groups excluding carboxylic acids is 1. The smallest absolute Gasteiger partial charge is 0.489 e. The van der Waals surface area contributed by atoms with Crippen LogP contribution in [0.4, 0.5) is 4.79 Å². The quantitative estimate of drug-likeness (QED) is 0.579. The molecule has 4 nitrogen and oxygen atoms in total. The van der Waals surface area contributed by atoms with Crippen LogP contribution in [0.25, 0.3) is 0 Å². The fourth-order valence-electron chi connectivity index (χ4n) is 1.60. The van der Waals surface area contributed by atoms with Gasteiger partial charge in [0.25, 0.3) is 0 Å². The Labute approximate surface area is 99.8 Å². The minimum atomic E-state index is -0.627. The third kappa shape index (κ3) is 3.00. The van der Waals surface area contributed by atoms with E-state index in [2.05, 4.69) is 11.3 Å². The number of ether oxygens (including phenoxy) is 3. The number of allylic oxidation sites excluding steroid dienone is 1. The van der Waals surface area contributed by atoms with Crippen molar-refractivity contribution in [3.63, 3.8) is 0 Å². The molecule has 1 aromatic carbocycles. The number of cyclic esters (lactones) is 2. The summed E-state index contributed by atoms with van der Waals surface area (Å²) in [5.41, 5.74) is 1.06. The summed E-state index contributed by atoms with van der Waals surface area (Å²) >= 11 is 0. The topological polar surface area (TPSA) is 44.8 Å². The number of benzene rings is 1. The van der Waals surface area contributed by atoms with Gasteiger partial charge in [-0.25, -0.2) is 4.79 Å². The van der Waals surface area contributed by atoms with E-state index in [9.17, 15) is 4.79 Å². The van der Waals surface area contributed by atoms with Crippen molar-refractivity contribution in [3.05, 3.63) is 42.5 Å². The van der Waals surface area contributed by atoms with Crippen LogP contribution in [0.1, 0.15) is 5.56 Å². The second-order valence-corrected chi connectivity index (χ2v) is 3.71. The van der Waals surface area contributed by atoms with Crippen molar-refractivity contribution in [1.82, 2.24) is 0 Å². The minimum Gasteiger partial charge on any atom is -0.489 e. The van der Waals surface area contributed by atoms with Crippen LogP contribution in [0.3, 0.4) is 0 Å². The first-order valence-corrected chi connectivity index (χ1v) is 5.44. The first-order chi connectivity index (χ1) is 8.29. The molecule has 0 N–H and O–H groups in total. The lowest BCUT2D eigenvalue weighted by Gasteiger charge is -2.12. The van der Waals surface area contributed by atoms with Crippen molar-refractivity contribution in [1.29, 1.82) is 0 Å². The molecule has 1 unspecified atom stereocenters. The Bertz CT molecular complexity index is 414. The van der Waals surface area contributed by atoms with Crippen molar-refractivity contribution >= 4 is 6.16 Å². The molecular formula is C13H14O4. The van der Waals surface area contributed by atoms with E-state index in [0.29, 0.717) is 6.61 Å². The zero-order valence-electron chi connectivity index (χ0n) is 9.43. The molecule has 0 radical (unpaired) electrons. The summed E-state index contributed by atoms with van der Waals surface area (Å²) in [4.78, 5) is 10.7. The molecule has 0 aromatic heterocycles. The predicted octanol–water partition coefficient (Wildman–Crippen LogP) is 2.33. The van der Waals surface area contributed by atoms with Crippen LogP contribution in [0, 0.1) is 0 Å². The van der Waals surface area contributed by atoms with Crippen molar-refractivity contribution in [2.24, 2.45) is 0 Å². The normalized spacial score (nSPS) is 18.4. The molecule has 0 bridgehead atoms. The average Bonchev–Trinajstić information content (AvgIpc) is 2.74. The second kappa shape index (κ2) is 5.39. The summed E-state index contributed by atoms with van der Waals surface area (Å²) in [6.45, 7) is 4.26. The summed E-state index contributed by atoms with van der Waals surface area (Å²) in [6, 6.07) is 7.72. The molecule has 17 heavy (non-hydrogen) atoms. The standard InChI is InChI=1S/C13H14O4/c1-2-5-10-6-3-4-7-12(10)15-8-11-9-16-13(14)17-11/h2-4,6-7,11H,1,5,8-9H2. The minimum absolute atomic E-state index is 0.252. The molecule has 0 aliphatic carbocycles. The molecule has 2 rings (SSSR count). The number of hydrogen-bond acceptors (Lipinski definition) is 4. The molecule has 1 saturated heterocycles. The van der Waals surface area contributed by atoms with E-state index in [1.165, 1.54) is 0 Å². The summed E-state index contributed by atoms with van der Waals surface area (Å²) in [6.07, 6.45) is 1.62. The Hall–Kier alpha value is -1.97. The van der Waals surface area contributed by atoms with Gasteiger partial charge in [0.2, 0.25) is 0 Å². The van der Waals surface area contributed by atoms with Gasteiger partial charge >= 0.3 is 6.16 Å². The molecule has 1 atom stereocenters. The zero-order chi connectivity index (χ0) is 12.1. The summed E-state index contributed by atoms with van der Waals surface area (Å²) < 4.78 is 15.2. The van der Waals surface area contributed by atoms with Gasteiger partial charge in [0.05, 0.1) is 0 Å². The maximum absolute atomic E-state index is 10.7. The average molecular weight is 234 g/mol. The Morgan fingerprint density at radius 1 is 1.47 bits per heavy atom. The molecule has 0 spiro atoms. The van der Waals surface area contributed by atoms with Crippen molar-refractivity contribution in [2.75, 3.05) is 13.2 Å². The summed E-state index contributed by atoms with van der Waals surface area (Å²) in [5, 5.41) is 0. The maximum Gasteiger partial charge on any atom is 0.508 e. The molecule has 1 aliphatic rings. The van der Waals surface area contributed by atoms with Crippen LogP contribution >= 0.6 is 0 Å². The van der Waals surface area contributed by atoms with Gasteiger partial charge in [-0.2, -0.15) is 0 Å². The molecule has 1 heterocycles. The van der Waals surface area contributed by atoms with Gasteiger partial charge in [-0.1, -0.05) is 24.3 Å². The lowest BCUT2D eigenvalue weighted by Crippen LogP contribution is -2.20. The Morgan fingerprint density at radius 2 is 2.29 bits per heavy atom. The van der Waals surface area contributed by atoms with E-state index in [1.54, 1.807) is 0 Å². The van der Waals surface area contributed by atoms with E-state index in [-0.39, 0.29) is 12.7 Å².